The van der Waals surface area contributed by atoms with Crippen LogP contribution < -0.4 is 10.2 Å². The molecule has 0 aromatic heterocycles. The third-order valence-corrected chi connectivity index (χ3v) is 5.55. The van der Waals surface area contributed by atoms with Gasteiger partial charge in [0.05, 0.1) is 12.2 Å². The molecule has 2 fully saturated rings. The number of carbonyl (C=O) groups is 1. The lowest BCUT2D eigenvalue weighted by Crippen LogP contribution is -2.53. The number of hydrogen-bond donors (Lipinski definition) is 1. The van der Waals surface area contributed by atoms with E-state index in [1.165, 1.54) is 17.0 Å². The molecule has 1 aromatic rings. The number of amides is 1. The van der Waals surface area contributed by atoms with Crippen molar-refractivity contribution in [2.75, 3.05) is 71.5 Å². The van der Waals surface area contributed by atoms with Crippen molar-refractivity contribution in [3.63, 3.8) is 0 Å². The van der Waals surface area contributed by atoms with Gasteiger partial charge in [0.2, 0.25) is 5.91 Å². The molecule has 0 bridgehead atoms. The van der Waals surface area contributed by atoms with Gasteiger partial charge >= 0.3 is 6.18 Å². The number of hydrogen-bond acceptors (Lipinski definition) is 4. The highest BCUT2D eigenvalue weighted by molar-refractivity contribution is 14.0. The standard InChI is InChI=1S/C21H30F3N5O2.HI/c1-27(2)19(30)14-26-20(25-13-16-6-11-31-15-16)29-9-7-28(8-10-29)18-5-3-4-17(12-18)21(22,23)24;/h3-5,12,16H,6-11,13-15H2,1-2H3,(H,25,26);1H. The summed E-state index contributed by atoms with van der Waals surface area (Å²) >= 11 is 0. The molecular weight excluding hydrogens is 538 g/mol. The van der Waals surface area contributed by atoms with Gasteiger partial charge in [0, 0.05) is 65.0 Å². The topological polar surface area (TPSA) is 60.4 Å². The molecule has 0 saturated carbocycles. The number of guanidine groups is 1. The third kappa shape index (κ3) is 7.39. The first-order chi connectivity index (χ1) is 14.7. The predicted octanol–water partition coefficient (Wildman–Crippen LogP) is 2.52. The molecule has 2 aliphatic rings. The summed E-state index contributed by atoms with van der Waals surface area (Å²) in [5.74, 6) is 0.970. The van der Waals surface area contributed by atoms with E-state index in [2.05, 4.69) is 15.2 Å². The van der Waals surface area contributed by atoms with Crippen LogP contribution >= 0.6 is 24.0 Å². The second-order valence-electron chi connectivity index (χ2n) is 8.06. The number of nitrogens with zero attached hydrogens (tertiary/aromatic N) is 4. The fourth-order valence-electron chi connectivity index (χ4n) is 3.59. The van der Waals surface area contributed by atoms with Gasteiger partial charge in [-0.1, -0.05) is 6.07 Å². The molecule has 1 amide bonds. The Morgan fingerprint density at radius 1 is 1.25 bits per heavy atom. The average molecular weight is 569 g/mol. The lowest BCUT2D eigenvalue weighted by Gasteiger charge is -2.38. The normalized spacial score (nSPS) is 19.5. The molecule has 180 valence electrons. The van der Waals surface area contributed by atoms with Gasteiger partial charge in [-0.25, -0.2) is 4.99 Å². The third-order valence-electron chi connectivity index (χ3n) is 5.55. The number of carbonyl (C=O) groups excluding carboxylic acids is 1. The van der Waals surface area contributed by atoms with Crippen LogP contribution in [-0.2, 0) is 15.7 Å². The fourth-order valence-corrected chi connectivity index (χ4v) is 3.59. The molecule has 32 heavy (non-hydrogen) atoms. The molecular formula is C21H31F3IN5O2. The van der Waals surface area contributed by atoms with Gasteiger partial charge in [-0.3, -0.25) is 4.79 Å². The van der Waals surface area contributed by atoms with E-state index in [-0.39, 0.29) is 36.4 Å². The maximum absolute atomic E-state index is 13.0. The van der Waals surface area contributed by atoms with Gasteiger partial charge < -0.3 is 24.8 Å². The number of ether oxygens (including phenoxy) is 1. The second-order valence-corrected chi connectivity index (χ2v) is 8.06. The first-order valence-electron chi connectivity index (χ1n) is 10.5. The monoisotopic (exact) mass is 569 g/mol. The first-order valence-corrected chi connectivity index (χ1v) is 10.5. The smallest absolute Gasteiger partial charge is 0.381 e. The van der Waals surface area contributed by atoms with E-state index >= 15 is 0 Å². The maximum Gasteiger partial charge on any atom is 0.416 e. The molecule has 2 saturated heterocycles. The first kappa shape index (κ1) is 26.5. The zero-order chi connectivity index (χ0) is 22.4. The Kier molecular flexibility index (Phi) is 9.86. The highest BCUT2D eigenvalue weighted by Gasteiger charge is 2.31. The minimum Gasteiger partial charge on any atom is -0.381 e. The van der Waals surface area contributed by atoms with Gasteiger partial charge in [-0.05, 0) is 24.6 Å². The zero-order valence-electron chi connectivity index (χ0n) is 18.4. The van der Waals surface area contributed by atoms with Crippen LogP contribution in [0.25, 0.3) is 0 Å². The van der Waals surface area contributed by atoms with Gasteiger partial charge in [0.25, 0.3) is 0 Å². The number of likely N-dealkylation sites (N-methyl/N-ethyl adjacent to an activating group) is 1. The molecule has 1 aromatic carbocycles. The summed E-state index contributed by atoms with van der Waals surface area (Å²) in [5.41, 5.74) is -0.0795. The van der Waals surface area contributed by atoms with Crippen molar-refractivity contribution in [1.82, 2.24) is 15.1 Å². The molecule has 0 radical (unpaired) electrons. The lowest BCUT2D eigenvalue weighted by molar-refractivity contribution is -0.137. The summed E-state index contributed by atoms with van der Waals surface area (Å²) in [5, 5.41) is 3.37. The molecule has 0 aliphatic carbocycles. The molecule has 7 nitrogen and oxygen atoms in total. The second kappa shape index (κ2) is 11.9. The molecule has 1 unspecified atom stereocenters. The van der Waals surface area contributed by atoms with Crippen molar-refractivity contribution in [1.29, 1.82) is 0 Å². The number of halogens is 4. The highest BCUT2D eigenvalue weighted by Crippen LogP contribution is 2.31. The van der Waals surface area contributed by atoms with Crippen LogP contribution in [0.2, 0.25) is 0 Å². The van der Waals surface area contributed by atoms with Crippen LogP contribution in [-0.4, -0.2) is 88.2 Å². The Labute approximate surface area is 204 Å². The van der Waals surface area contributed by atoms with Crippen molar-refractivity contribution in [2.24, 2.45) is 10.9 Å². The van der Waals surface area contributed by atoms with Crippen molar-refractivity contribution >= 4 is 41.5 Å². The van der Waals surface area contributed by atoms with Gasteiger partial charge in [0.1, 0.15) is 6.54 Å². The number of rotatable bonds is 5. The summed E-state index contributed by atoms with van der Waals surface area (Å²) < 4.78 is 44.5. The largest absolute Gasteiger partial charge is 0.416 e. The number of anilines is 1. The van der Waals surface area contributed by atoms with E-state index in [1.54, 1.807) is 20.2 Å². The Balaban J connectivity index is 0.00000363. The van der Waals surface area contributed by atoms with Crippen LogP contribution in [0.1, 0.15) is 12.0 Å². The molecule has 3 rings (SSSR count). The van der Waals surface area contributed by atoms with Crippen LogP contribution in [0.4, 0.5) is 18.9 Å². The number of piperazine rings is 1. The zero-order valence-corrected chi connectivity index (χ0v) is 20.7. The van der Waals surface area contributed by atoms with Crippen LogP contribution in [0.5, 0.6) is 0 Å². The molecule has 2 aliphatic heterocycles. The van der Waals surface area contributed by atoms with Crippen LogP contribution in [0, 0.1) is 5.92 Å². The van der Waals surface area contributed by atoms with Crippen LogP contribution in [0.15, 0.2) is 29.3 Å². The summed E-state index contributed by atoms with van der Waals surface area (Å²) in [6, 6.07) is 5.42. The number of benzene rings is 1. The molecule has 2 heterocycles. The van der Waals surface area contributed by atoms with E-state index < -0.39 is 11.7 Å². The number of nitrogens with one attached hydrogen (secondary N) is 1. The summed E-state index contributed by atoms with van der Waals surface area (Å²) in [4.78, 5) is 22.0. The maximum atomic E-state index is 13.0. The van der Waals surface area contributed by atoms with E-state index in [0.29, 0.717) is 56.9 Å². The van der Waals surface area contributed by atoms with E-state index in [1.807, 2.05) is 4.90 Å². The van der Waals surface area contributed by atoms with Crippen molar-refractivity contribution in [3.05, 3.63) is 29.8 Å². The Morgan fingerprint density at radius 2 is 1.97 bits per heavy atom. The molecule has 0 spiro atoms. The van der Waals surface area contributed by atoms with Gasteiger partial charge in [-0.15, -0.1) is 24.0 Å². The molecule has 11 heteroatoms. The summed E-state index contributed by atoms with van der Waals surface area (Å²) in [6.07, 6.45) is -3.37. The number of aliphatic imine (C=N–C) groups is 1. The Hall–Kier alpha value is -1.76. The Morgan fingerprint density at radius 3 is 2.56 bits per heavy atom. The van der Waals surface area contributed by atoms with Crippen LogP contribution in [0.3, 0.4) is 0 Å². The van der Waals surface area contributed by atoms with Crippen molar-refractivity contribution in [2.45, 2.75) is 12.6 Å². The van der Waals surface area contributed by atoms with Gasteiger partial charge in [-0.2, -0.15) is 13.2 Å². The fraction of sp³-hybridized carbons (Fsp3) is 0.619. The van der Waals surface area contributed by atoms with E-state index in [0.717, 1.165) is 19.1 Å². The average Bonchev–Trinajstić information content (AvgIpc) is 3.27. The minimum absolute atomic E-state index is 0. The summed E-state index contributed by atoms with van der Waals surface area (Å²) in [6.45, 7) is 4.55. The lowest BCUT2D eigenvalue weighted by atomic mass is 10.1. The highest BCUT2D eigenvalue weighted by atomic mass is 127. The predicted molar refractivity (Wildman–Crippen MR) is 129 cm³/mol. The van der Waals surface area contributed by atoms with E-state index in [9.17, 15) is 18.0 Å². The van der Waals surface area contributed by atoms with Gasteiger partial charge in [0.15, 0.2) is 5.96 Å². The summed E-state index contributed by atoms with van der Waals surface area (Å²) in [7, 11) is 3.38. The quantitative estimate of drug-likeness (QED) is 0.336. The van der Waals surface area contributed by atoms with Crippen molar-refractivity contribution in [3.8, 4) is 0 Å². The minimum atomic E-state index is -4.36. The number of alkyl halides is 3. The molecule has 1 atom stereocenters. The SMILES string of the molecule is CN(C)C(=O)CN=C(NCC1CCOC1)N1CCN(c2cccc(C(F)(F)F)c2)CC1.I. The van der Waals surface area contributed by atoms with Crippen molar-refractivity contribution < 1.29 is 22.7 Å². The molecule has 1 N–H and O–H groups in total. The van der Waals surface area contributed by atoms with E-state index in [4.69, 9.17) is 4.74 Å². The Bertz CT molecular complexity index is 777.